The Balaban J connectivity index is 2.14. The summed E-state index contributed by atoms with van der Waals surface area (Å²) in [6.45, 7) is 0. The molecule has 0 aliphatic rings. The van der Waals surface area contributed by atoms with Crippen molar-refractivity contribution in [1.82, 2.24) is 19.7 Å². The number of amides is 1. The number of para-hydroxylation sites is 1. The van der Waals surface area contributed by atoms with E-state index in [1.54, 1.807) is 30.3 Å². The Bertz CT molecular complexity index is 1210. The number of aromatic amines is 2. The van der Waals surface area contributed by atoms with E-state index in [9.17, 15) is 19.2 Å². The first-order chi connectivity index (χ1) is 13.3. The lowest BCUT2D eigenvalue weighted by Gasteiger charge is -2.13. The Morgan fingerprint density at radius 3 is 2.43 bits per heavy atom. The van der Waals surface area contributed by atoms with Gasteiger partial charge in [-0.3, -0.25) is 24.3 Å². The Kier molecular flexibility index (Phi) is 5.32. The minimum Gasteiger partial charge on any atom is -0.365 e. The van der Waals surface area contributed by atoms with Crippen LogP contribution in [0.4, 0.5) is 11.4 Å². The number of anilines is 2. The standard InChI is InChI=1S/C18H16BrN5O4/c1-23(2)17(27)11-8-20-9-12(15(11)25)21-14-13(19)16(26)22-24(18(14)28)10-6-4-3-5-7-10/h3-9,21H,1-2H3,(H,20,25)(H,22,26). The predicted octanol–water partition coefficient (Wildman–Crippen LogP) is 1.42. The Morgan fingerprint density at radius 1 is 1.11 bits per heavy atom. The number of nitrogens with one attached hydrogen (secondary N) is 3. The van der Waals surface area contributed by atoms with Crippen LogP contribution in [0.5, 0.6) is 0 Å². The van der Waals surface area contributed by atoms with Crippen molar-refractivity contribution in [2.75, 3.05) is 19.4 Å². The molecule has 0 radical (unpaired) electrons. The number of benzene rings is 1. The lowest BCUT2D eigenvalue weighted by molar-refractivity contribution is 0.0826. The average molecular weight is 446 g/mol. The summed E-state index contributed by atoms with van der Waals surface area (Å²) < 4.78 is 1.01. The van der Waals surface area contributed by atoms with Gasteiger partial charge in [0.1, 0.15) is 21.4 Å². The van der Waals surface area contributed by atoms with Crippen LogP contribution in [0.25, 0.3) is 5.69 Å². The second kappa shape index (κ2) is 7.69. The number of aromatic nitrogens is 3. The summed E-state index contributed by atoms with van der Waals surface area (Å²) >= 11 is 3.08. The van der Waals surface area contributed by atoms with E-state index in [0.717, 1.165) is 4.68 Å². The average Bonchev–Trinajstić information content (AvgIpc) is 2.69. The van der Waals surface area contributed by atoms with Gasteiger partial charge in [0.2, 0.25) is 5.43 Å². The van der Waals surface area contributed by atoms with Crippen molar-refractivity contribution in [3.8, 4) is 5.69 Å². The van der Waals surface area contributed by atoms with E-state index in [-0.39, 0.29) is 21.4 Å². The van der Waals surface area contributed by atoms with Crippen molar-refractivity contribution in [2.45, 2.75) is 0 Å². The fraction of sp³-hybridized carbons (Fsp3) is 0.111. The first-order valence-electron chi connectivity index (χ1n) is 8.11. The molecule has 0 aliphatic carbocycles. The molecule has 0 aliphatic heterocycles. The van der Waals surface area contributed by atoms with Crippen molar-refractivity contribution in [1.29, 1.82) is 0 Å². The molecule has 0 atom stereocenters. The van der Waals surface area contributed by atoms with E-state index in [1.807, 2.05) is 0 Å². The summed E-state index contributed by atoms with van der Waals surface area (Å²) in [6, 6.07) is 8.51. The maximum absolute atomic E-state index is 12.9. The molecule has 28 heavy (non-hydrogen) atoms. The second-order valence-electron chi connectivity index (χ2n) is 6.04. The predicted molar refractivity (Wildman–Crippen MR) is 109 cm³/mol. The van der Waals surface area contributed by atoms with Crippen LogP contribution in [0.2, 0.25) is 0 Å². The highest BCUT2D eigenvalue weighted by molar-refractivity contribution is 9.10. The summed E-state index contributed by atoms with van der Waals surface area (Å²) in [5.74, 6) is -0.489. The number of H-pyrrole nitrogens is 2. The van der Waals surface area contributed by atoms with Crippen LogP contribution >= 0.6 is 15.9 Å². The van der Waals surface area contributed by atoms with Gasteiger partial charge in [0.05, 0.1) is 5.69 Å². The van der Waals surface area contributed by atoms with Crippen molar-refractivity contribution >= 4 is 33.2 Å². The van der Waals surface area contributed by atoms with Gasteiger partial charge < -0.3 is 15.2 Å². The number of carbonyl (C=O) groups is 1. The molecule has 10 heteroatoms. The normalized spacial score (nSPS) is 10.5. The molecule has 3 rings (SSSR count). The molecular formula is C18H16BrN5O4. The molecule has 2 aromatic heterocycles. The van der Waals surface area contributed by atoms with Gasteiger partial charge in [-0.25, -0.2) is 4.68 Å². The molecule has 0 unspecified atom stereocenters. The number of rotatable bonds is 4. The summed E-state index contributed by atoms with van der Waals surface area (Å²) in [5, 5.41) is 5.14. The minimum atomic E-state index is -0.602. The molecule has 3 N–H and O–H groups in total. The maximum Gasteiger partial charge on any atom is 0.294 e. The minimum absolute atomic E-state index is 0.0456. The number of halogens is 1. The highest BCUT2D eigenvalue weighted by Gasteiger charge is 2.19. The zero-order valence-corrected chi connectivity index (χ0v) is 16.5. The quantitative estimate of drug-likeness (QED) is 0.560. The van der Waals surface area contributed by atoms with E-state index < -0.39 is 22.5 Å². The molecule has 0 bridgehead atoms. The van der Waals surface area contributed by atoms with Gasteiger partial charge in [-0.15, -0.1) is 0 Å². The van der Waals surface area contributed by atoms with Gasteiger partial charge in [0, 0.05) is 26.5 Å². The first kappa shape index (κ1) is 19.4. The zero-order valence-electron chi connectivity index (χ0n) is 14.9. The second-order valence-corrected chi connectivity index (χ2v) is 6.84. The summed E-state index contributed by atoms with van der Waals surface area (Å²) in [6.07, 6.45) is 2.60. The molecule has 9 nitrogen and oxygen atoms in total. The van der Waals surface area contributed by atoms with Crippen molar-refractivity contribution in [2.24, 2.45) is 0 Å². The first-order valence-corrected chi connectivity index (χ1v) is 8.90. The highest BCUT2D eigenvalue weighted by atomic mass is 79.9. The van der Waals surface area contributed by atoms with E-state index >= 15 is 0 Å². The van der Waals surface area contributed by atoms with Crippen LogP contribution in [0.3, 0.4) is 0 Å². The Labute approximate surface area is 166 Å². The monoisotopic (exact) mass is 445 g/mol. The third-order valence-electron chi connectivity index (χ3n) is 3.90. The smallest absolute Gasteiger partial charge is 0.294 e. The van der Waals surface area contributed by atoms with Gasteiger partial charge >= 0.3 is 0 Å². The largest absolute Gasteiger partial charge is 0.365 e. The Morgan fingerprint density at radius 2 is 1.79 bits per heavy atom. The third-order valence-corrected chi connectivity index (χ3v) is 4.66. The molecule has 0 saturated heterocycles. The molecule has 1 amide bonds. The number of nitrogens with zero attached hydrogens (tertiary/aromatic N) is 2. The maximum atomic E-state index is 12.9. The molecular weight excluding hydrogens is 430 g/mol. The molecule has 0 fully saturated rings. The zero-order chi connectivity index (χ0) is 20.4. The van der Waals surface area contributed by atoms with Crippen LogP contribution in [-0.2, 0) is 0 Å². The summed E-state index contributed by atoms with van der Waals surface area (Å²) in [5.41, 5.74) is -1.58. The van der Waals surface area contributed by atoms with E-state index in [1.165, 1.54) is 31.4 Å². The topological polar surface area (TPSA) is 120 Å². The van der Waals surface area contributed by atoms with Crippen LogP contribution in [0.1, 0.15) is 10.4 Å². The van der Waals surface area contributed by atoms with Crippen molar-refractivity contribution in [3.05, 3.63) is 83.7 Å². The summed E-state index contributed by atoms with van der Waals surface area (Å²) in [7, 11) is 3.04. The van der Waals surface area contributed by atoms with E-state index in [0.29, 0.717) is 5.69 Å². The van der Waals surface area contributed by atoms with E-state index in [4.69, 9.17) is 0 Å². The van der Waals surface area contributed by atoms with Gasteiger partial charge in [-0.05, 0) is 28.1 Å². The molecule has 144 valence electrons. The number of hydrogen-bond acceptors (Lipinski definition) is 5. The third kappa shape index (κ3) is 3.54. The van der Waals surface area contributed by atoms with Crippen LogP contribution in [0.15, 0.2) is 61.6 Å². The number of hydrogen-bond donors (Lipinski definition) is 3. The van der Waals surface area contributed by atoms with Crippen molar-refractivity contribution in [3.63, 3.8) is 0 Å². The fourth-order valence-corrected chi connectivity index (χ4v) is 2.86. The van der Waals surface area contributed by atoms with Gasteiger partial charge in [0.25, 0.3) is 17.0 Å². The van der Waals surface area contributed by atoms with Crippen LogP contribution in [-0.4, -0.2) is 39.7 Å². The molecule has 2 heterocycles. The van der Waals surface area contributed by atoms with E-state index in [2.05, 4.69) is 31.3 Å². The molecule has 1 aromatic carbocycles. The van der Waals surface area contributed by atoms with Gasteiger partial charge in [-0.1, -0.05) is 18.2 Å². The lowest BCUT2D eigenvalue weighted by Crippen LogP contribution is -2.32. The number of pyridine rings is 1. The van der Waals surface area contributed by atoms with Crippen LogP contribution < -0.4 is 21.9 Å². The Hall–Kier alpha value is -3.40. The van der Waals surface area contributed by atoms with Gasteiger partial charge in [0.15, 0.2) is 0 Å². The van der Waals surface area contributed by atoms with Crippen LogP contribution in [0, 0.1) is 0 Å². The molecule has 0 saturated carbocycles. The SMILES string of the molecule is CN(C)C(=O)c1c[nH]cc(Nc2c(Br)c(=O)[nH]n(-c3ccccc3)c2=O)c1=O. The fourth-order valence-electron chi connectivity index (χ4n) is 2.50. The van der Waals surface area contributed by atoms with Gasteiger partial charge in [-0.2, -0.15) is 0 Å². The van der Waals surface area contributed by atoms with Crippen molar-refractivity contribution < 1.29 is 4.79 Å². The highest BCUT2D eigenvalue weighted by Crippen LogP contribution is 2.17. The number of carbonyl (C=O) groups excluding carboxylic acids is 1. The summed E-state index contributed by atoms with van der Waals surface area (Å²) in [4.78, 5) is 53.9. The molecule has 3 aromatic rings. The molecule has 0 spiro atoms. The lowest BCUT2D eigenvalue weighted by atomic mass is 10.2.